The Morgan fingerprint density at radius 3 is 2.41 bits per heavy atom. The van der Waals surface area contributed by atoms with Crippen LogP contribution in [0.1, 0.15) is 33.9 Å². The zero-order valence-electron chi connectivity index (χ0n) is 15.5. The van der Waals surface area contributed by atoms with E-state index in [9.17, 15) is 4.79 Å². The first kappa shape index (κ1) is 19.8. The lowest BCUT2D eigenvalue weighted by atomic mass is 9.98. The summed E-state index contributed by atoms with van der Waals surface area (Å²) in [7, 11) is 1.64. The van der Waals surface area contributed by atoms with Crippen LogP contribution < -0.4 is 4.74 Å². The number of amides is 1. The summed E-state index contributed by atoms with van der Waals surface area (Å²) in [5.41, 5.74) is 3.34. The zero-order chi connectivity index (χ0) is 20.4. The van der Waals surface area contributed by atoms with Gasteiger partial charge in [0.1, 0.15) is 5.75 Å². The number of carbonyl (C=O) groups is 1. The third-order valence-electron chi connectivity index (χ3n) is 4.75. The van der Waals surface area contributed by atoms with Gasteiger partial charge in [0.25, 0.3) is 5.91 Å². The number of aromatic nitrogens is 1. The highest BCUT2D eigenvalue weighted by molar-refractivity contribution is 9.10. The van der Waals surface area contributed by atoms with E-state index in [0.29, 0.717) is 12.0 Å². The molecule has 0 fully saturated rings. The molecule has 3 aromatic rings. The van der Waals surface area contributed by atoms with Gasteiger partial charge in [-0.05, 0) is 69.5 Å². The van der Waals surface area contributed by atoms with Crippen molar-refractivity contribution in [1.82, 2.24) is 9.99 Å². The second-order valence-corrected chi connectivity index (χ2v) is 8.42. The number of hydrogen-bond acceptors (Lipinski definition) is 4. The number of rotatable bonds is 4. The Morgan fingerprint density at radius 2 is 1.76 bits per heavy atom. The molecule has 0 spiro atoms. The third kappa shape index (κ3) is 4.26. The maximum absolute atomic E-state index is 13.3. The minimum Gasteiger partial charge on any atom is -0.497 e. The van der Waals surface area contributed by atoms with Crippen molar-refractivity contribution in [3.8, 4) is 5.75 Å². The van der Waals surface area contributed by atoms with Crippen LogP contribution in [0.4, 0.5) is 0 Å². The van der Waals surface area contributed by atoms with Crippen LogP contribution in [0.15, 0.2) is 81.0 Å². The van der Waals surface area contributed by atoms with Gasteiger partial charge in [0.15, 0.2) is 0 Å². The van der Waals surface area contributed by atoms with Crippen LogP contribution >= 0.6 is 31.9 Å². The summed E-state index contributed by atoms with van der Waals surface area (Å²) >= 11 is 6.85. The molecule has 0 radical (unpaired) electrons. The number of ether oxygens (including phenoxy) is 1. The summed E-state index contributed by atoms with van der Waals surface area (Å²) < 4.78 is 6.98. The molecule has 4 rings (SSSR count). The summed E-state index contributed by atoms with van der Waals surface area (Å²) in [6, 6.07) is 17.3. The molecule has 1 aliphatic heterocycles. The van der Waals surface area contributed by atoms with E-state index in [1.807, 2.05) is 48.5 Å². The Kier molecular flexibility index (Phi) is 5.78. The average molecular weight is 515 g/mol. The van der Waals surface area contributed by atoms with Gasteiger partial charge in [0.05, 0.1) is 24.4 Å². The van der Waals surface area contributed by atoms with Gasteiger partial charge in [-0.1, -0.05) is 28.1 Å². The second-order valence-electron chi connectivity index (χ2n) is 6.59. The van der Waals surface area contributed by atoms with E-state index in [1.165, 1.54) is 0 Å². The fraction of sp³-hybridized carbons (Fsp3) is 0.136. The normalized spacial score (nSPS) is 15.9. The standard InChI is InChI=1S/C22H17Br2N3O2/c1-29-19-8-4-14(5-9-19)20-11-21(15-2-6-17(23)7-3-15)27(26-20)22(28)16-10-18(24)13-25-12-16/h2-10,12-13,21H,11H2,1H3. The summed E-state index contributed by atoms with van der Waals surface area (Å²) in [5.74, 6) is 0.597. The number of nitrogens with zero attached hydrogens (tertiary/aromatic N) is 3. The van der Waals surface area contributed by atoms with Crippen LogP contribution in [0.25, 0.3) is 0 Å². The molecule has 0 N–H and O–H groups in total. The van der Waals surface area contributed by atoms with Crippen molar-refractivity contribution in [3.63, 3.8) is 0 Å². The highest BCUT2D eigenvalue weighted by atomic mass is 79.9. The van der Waals surface area contributed by atoms with Gasteiger partial charge in [-0.3, -0.25) is 9.78 Å². The maximum atomic E-state index is 13.3. The summed E-state index contributed by atoms with van der Waals surface area (Å²) in [5, 5.41) is 6.27. The predicted molar refractivity (Wildman–Crippen MR) is 119 cm³/mol. The van der Waals surface area contributed by atoms with Crippen molar-refractivity contribution in [2.24, 2.45) is 5.10 Å². The number of benzene rings is 2. The molecule has 7 heteroatoms. The van der Waals surface area contributed by atoms with Crippen LogP contribution in [0.2, 0.25) is 0 Å². The number of hydrazone groups is 1. The van der Waals surface area contributed by atoms with Crippen molar-refractivity contribution >= 4 is 43.5 Å². The van der Waals surface area contributed by atoms with Gasteiger partial charge in [-0.2, -0.15) is 5.10 Å². The van der Waals surface area contributed by atoms with Gasteiger partial charge in [-0.15, -0.1) is 0 Å². The molecule has 1 amide bonds. The fourth-order valence-electron chi connectivity index (χ4n) is 3.26. The summed E-state index contributed by atoms with van der Waals surface area (Å²) in [6.07, 6.45) is 3.84. The lowest BCUT2D eigenvalue weighted by Crippen LogP contribution is -2.27. The third-order valence-corrected chi connectivity index (χ3v) is 5.71. The summed E-state index contributed by atoms with van der Waals surface area (Å²) in [4.78, 5) is 17.4. The Morgan fingerprint density at radius 1 is 1.03 bits per heavy atom. The van der Waals surface area contributed by atoms with E-state index in [2.05, 4.69) is 36.8 Å². The molecule has 0 bridgehead atoms. The van der Waals surface area contributed by atoms with E-state index in [0.717, 1.165) is 31.5 Å². The van der Waals surface area contributed by atoms with Gasteiger partial charge >= 0.3 is 0 Å². The van der Waals surface area contributed by atoms with Crippen molar-refractivity contribution in [1.29, 1.82) is 0 Å². The van der Waals surface area contributed by atoms with E-state index < -0.39 is 0 Å². The Labute approximate surface area is 185 Å². The molecular formula is C22H17Br2N3O2. The largest absolute Gasteiger partial charge is 0.497 e. The van der Waals surface area contributed by atoms with Gasteiger partial charge < -0.3 is 4.74 Å². The van der Waals surface area contributed by atoms with Crippen molar-refractivity contribution in [2.45, 2.75) is 12.5 Å². The first-order chi connectivity index (χ1) is 14.0. The lowest BCUT2D eigenvalue weighted by molar-refractivity contribution is 0.0710. The van der Waals surface area contributed by atoms with E-state index in [1.54, 1.807) is 30.6 Å². The number of methoxy groups -OCH3 is 1. The first-order valence-electron chi connectivity index (χ1n) is 8.96. The molecule has 1 aromatic heterocycles. The van der Waals surface area contributed by atoms with Gasteiger partial charge in [-0.25, -0.2) is 5.01 Å². The Balaban J connectivity index is 1.72. The predicted octanol–water partition coefficient (Wildman–Crippen LogP) is 5.61. The monoisotopic (exact) mass is 513 g/mol. The fourth-order valence-corrected chi connectivity index (χ4v) is 3.89. The smallest absolute Gasteiger partial charge is 0.276 e. The van der Waals surface area contributed by atoms with Gasteiger partial charge in [0, 0.05) is 27.8 Å². The Bertz CT molecular complexity index is 1070. The topological polar surface area (TPSA) is 54.8 Å². The zero-order valence-corrected chi connectivity index (χ0v) is 18.7. The summed E-state index contributed by atoms with van der Waals surface area (Å²) in [6.45, 7) is 0. The number of carbonyl (C=O) groups excluding carboxylic acids is 1. The second kappa shape index (κ2) is 8.47. The van der Waals surface area contributed by atoms with Gasteiger partial charge in [0.2, 0.25) is 0 Å². The molecule has 5 nitrogen and oxygen atoms in total. The van der Waals surface area contributed by atoms with Crippen LogP contribution in [0, 0.1) is 0 Å². The quantitative estimate of drug-likeness (QED) is 0.455. The molecule has 1 aliphatic rings. The van der Waals surface area contributed by atoms with E-state index >= 15 is 0 Å². The minimum atomic E-state index is -0.188. The highest BCUT2D eigenvalue weighted by Crippen LogP contribution is 2.35. The minimum absolute atomic E-state index is 0.185. The van der Waals surface area contributed by atoms with Crippen molar-refractivity contribution < 1.29 is 9.53 Å². The molecule has 0 saturated heterocycles. The molecule has 2 aromatic carbocycles. The van der Waals surface area contributed by atoms with E-state index in [4.69, 9.17) is 9.84 Å². The van der Waals surface area contributed by atoms with E-state index in [-0.39, 0.29) is 11.9 Å². The molecule has 2 heterocycles. The highest BCUT2D eigenvalue weighted by Gasteiger charge is 2.33. The van der Waals surface area contributed by atoms with Crippen LogP contribution in [-0.2, 0) is 0 Å². The molecule has 146 valence electrons. The molecule has 0 aliphatic carbocycles. The number of halogens is 2. The first-order valence-corrected chi connectivity index (χ1v) is 10.6. The molecule has 1 unspecified atom stereocenters. The van der Waals surface area contributed by atoms with Crippen LogP contribution in [0.5, 0.6) is 5.75 Å². The number of hydrogen-bond donors (Lipinski definition) is 0. The molecule has 0 saturated carbocycles. The van der Waals surface area contributed by atoms with Crippen molar-refractivity contribution in [2.75, 3.05) is 7.11 Å². The maximum Gasteiger partial charge on any atom is 0.276 e. The van der Waals surface area contributed by atoms with Crippen molar-refractivity contribution in [3.05, 3.63) is 92.6 Å². The molecule has 1 atom stereocenters. The lowest BCUT2D eigenvalue weighted by Gasteiger charge is -2.22. The SMILES string of the molecule is COc1ccc(C2=NN(C(=O)c3cncc(Br)c3)C(c3ccc(Br)cc3)C2)cc1. The Hall–Kier alpha value is -2.51. The molecule has 29 heavy (non-hydrogen) atoms. The van der Waals surface area contributed by atoms with Crippen LogP contribution in [0.3, 0.4) is 0 Å². The molecular weight excluding hydrogens is 498 g/mol. The average Bonchev–Trinajstić information content (AvgIpc) is 3.19. The van der Waals surface area contributed by atoms with Crippen LogP contribution in [-0.4, -0.2) is 28.7 Å². The number of pyridine rings is 1.